The van der Waals surface area contributed by atoms with Crippen molar-refractivity contribution in [3.63, 3.8) is 0 Å². The lowest BCUT2D eigenvalue weighted by Gasteiger charge is -2.09. The molecule has 1 aliphatic heterocycles. The molecule has 6 nitrogen and oxygen atoms in total. The first-order chi connectivity index (χ1) is 12.0. The molecule has 7 heteroatoms. The minimum Gasteiger partial charge on any atom is -0.493 e. The highest BCUT2D eigenvalue weighted by atomic mass is 32.1. The predicted octanol–water partition coefficient (Wildman–Crippen LogP) is 2.87. The number of hydrazone groups is 1. The molecule has 1 amide bonds. The Labute approximate surface area is 150 Å². The van der Waals surface area contributed by atoms with Crippen molar-refractivity contribution < 1.29 is 14.3 Å². The highest BCUT2D eigenvalue weighted by molar-refractivity contribution is 7.09. The highest BCUT2D eigenvalue weighted by Gasteiger charge is 2.21. The Morgan fingerprint density at radius 1 is 1.56 bits per heavy atom. The maximum atomic E-state index is 11.9. The van der Waals surface area contributed by atoms with Gasteiger partial charge in [-0.2, -0.15) is 5.10 Å². The molecule has 1 atom stereocenters. The van der Waals surface area contributed by atoms with E-state index in [0.29, 0.717) is 6.61 Å². The van der Waals surface area contributed by atoms with Gasteiger partial charge in [-0.15, -0.1) is 11.3 Å². The van der Waals surface area contributed by atoms with Gasteiger partial charge in [0.15, 0.2) is 0 Å². The molecule has 1 aliphatic rings. The minimum absolute atomic E-state index is 0.165. The Morgan fingerprint density at radius 2 is 2.40 bits per heavy atom. The molecule has 3 rings (SSSR count). The van der Waals surface area contributed by atoms with E-state index in [1.54, 1.807) is 6.21 Å². The number of nitrogens with one attached hydrogen (secondary N) is 1. The summed E-state index contributed by atoms with van der Waals surface area (Å²) in [6, 6.07) is 3.90. The number of aromatic nitrogens is 1. The summed E-state index contributed by atoms with van der Waals surface area (Å²) in [5.74, 6) is 1.39. The van der Waals surface area contributed by atoms with E-state index in [1.807, 2.05) is 38.3 Å². The maximum absolute atomic E-state index is 11.9. The second-order valence-electron chi connectivity index (χ2n) is 5.89. The fourth-order valence-electron chi connectivity index (χ4n) is 2.70. The van der Waals surface area contributed by atoms with E-state index in [-0.39, 0.29) is 18.4 Å². The summed E-state index contributed by atoms with van der Waals surface area (Å²) in [5.41, 5.74) is 5.20. The zero-order chi connectivity index (χ0) is 17.8. The van der Waals surface area contributed by atoms with E-state index in [0.717, 1.165) is 39.7 Å². The maximum Gasteiger partial charge on any atom is 0.246 e. The molecule has 0 fully saturated rings. The second kappa shape index (κ2) is 7.65. The Bertz CT molecular complexity index is 801. The molecule has 0 aliphatic carbocycles. The van der Waals surface area contributed by atoms with Crippen molar-refractivity contribution in [2.45, 2.75) is 39.7 Å². The van der Waals surface area contributed by atoms with E-state index in [4.69, 9.17) is 9.47 Å². The first-order valence-electron chi connectivity index (χ1n) is 8.24. The number of thiazole rings is 1. The van der Waals surface area contributed by atoms with Crippen LogP contribution in [-0.4, -0.2) is 29.8 Å². The van der Waals surface area contributed by atoms with Crippen molar-refractivity contribution in [1.29, 1.82) is 0 Å². The van der Waals surface area contributed by atoms with Crippen molar-refractivity contribution in [1.82, 2.24) is 10.4 Å². The molecule has 2 aromatic rings. The molecule has 0 saturated heterocycles. The first-order valence-corrected chi connectivity index (χ1v) is 9.12. The van der Waals surface area contributed by atoms with Crippen LogP contribution in [0.5, 0.6) is 11.5 Å². The number of nitrogens with zero attached hydrogens (tertiary/aromatic N) is 2. The van der Waals surface area contributed by atoms with Crippen LogP contribution in [0.3, 0.4) is 0 Å². The second-order valence-corrected chi connectivity index (χ2v) is 6.95. The SMILES string of the molecule is CCOc1cc2c(cc1/C=N\NC(=O)Cc1csc(C)n1)O[C@H](C)C2. The van der Waals surface area contributed by atoms with Gasteiger partial charge in [-0.3, -0.25) is 4.79 Å². The Balaban J connectivity index is 1.67. The Morgan fingerprint density at radius 3 is 3.12 bits per heavy atom. The molecule has 25 heavy (non-hydrogen) atoms. The number of hydrogen-bond acceptors (Lipinski definition) is 6. The van der Waals surface area contributed by atoms with Crippen LogP contribution in [0.25, 0.3) is 0 Å². The van der Waals surface area contributed by atoms with E-state index >= 15 is 0 Å². The fourth-order valence-corrected chi connectivity index (χ4v) is 3.32. The third kappa shape index (κ3) is 4.36. The van der Waals surface area contributed by atoms with Gasteiger partial charge in [0.2, 0.25) is 5.91 Å². The van der Waals surface area contributed by atoms with E-state index in [1.165, 1.54) is 11.3 Å². The number of carbonyl (C=O) groups is 1. The topological polar surface area (TPSA) is 72.8 Å². The number of ether oxygens (including phenoxy) is 2. The molecule has 0 bridgehead atoms. The number of aryl methyl sites for hydroxylation is 1. The molecule has 0 spiro atoms. The van der Waals surface area contributed by atoms with Gasteiger partial charge in [0, 0.05) is 22.9 Å². The number of hydrogen-bond donors (Lipinski definition) is 1. The van der Waals surface area contributed by atoms with Crippen LogP contribution in [0.2, 0.25) is 0 Å². The van der Waals surface area contributed by atoms with Crippen molar-refractivity contribution in [2.75, 3.05) is 6.61 Å². The molecule has 1 N–H and O–H groups in total. The number of benzene rings is 1. The van der Waals surface area contributed by atoms with Gasteiger partial charge in [0.25, 0.3) is 0 Å². The third-order valence-corrected chi connectivity index (χ3v) is 4.55. The van der Waals surface area contributed by atoms with Crippen molar-refractivity contribution in [3.05, 3.63) is 39.3 Å². The summed E-state index contributed by atoms with van der Waals surface area (Å²) >= 11 is 1.53. The quantitative estimate of drug-likeness (QED) is 0.636. The molecule has 1 aromatic heterocycles. The lowest BCUT2D eigenvalue weighted by Crippen LogP contribution is -2.20. The first kappa shape index (κ1) is 17.4. The van der Waals surface area contributed by atoms with Gasteiger partial charge >= 0.3 is 0 Å². The summed E-state index contributed by atoms with van der Waals surface area (Å²) in [6.07, 6.45) is 2.83. The van der Waals surface area contributed by atoms with Crippen molar-refractivity contribution in [2.24, 2.45) is 5.10 Å². The number of carbonyl (C=O) groups excluding carboxylic acids is 1. The molecular formula is C18H21N3O3S. The van der Waals surface area contributed by atoms with Gasteiger partial charge in [0.05, 0.1) is 29.9 Å². The zero-order valence-corrected chi connectivity index (χ0v) is 15.4. The van der Waals surface area contributed by atoms with Crippen LogP contribution in [-0.2, 0) is 17.6 Å². The predicted molar refractivity (Wildman–Crippen MR) is 97.7 cm³/mol. The Kier molecular flexibility index (Phi) is 5.33. The minimum atomic E-state index is -0.203. The smallest absolute Gasteiger partial charge is 0.246 e. The molecule has 132 valence electrons. The van der Waals surface area contributed by atoms with Crippen molar-refractivity contribution >= 4 is 23.5 Å². The summed E-state index contributed by atoms with van der Waals surface area (Å²) < 4.78 is 11.5. The average molecular weight is 359 g/mol. The molecule has 1 aromatic carbocycles. The Hall–Kier alpha value is -2.41. The fraction of sp³-hybridized carbons (Fsp3) is 0.389. The zero-order valence-electron chi connectivity index (χ0n) is 14.5. The number of fused-ring (bicyclic) bond motifs is 1. The normalized spacial score (nSPS) is 15.9. The lowest BCUT2D eigenvalue weighted by molar-refractivity contribution is -0.120. The third-order valence-electron chi connectivity index (χ3n) is 3.73. The summed E-state index contributed by atoms with van der Waals surface area (Å²) in [7, 11) is 0. The van der Waals surface area contributed by atoms with Gasteiger partial charge in [-0.25, -0.2) is 10.4 Å². The lowest BCUT2D eigenvalue weighted by atomic mass is 10.1. The largest absolute Gasteiger partial charge is 0.493 e. The van der Waals surface area contributed by atoms with Crippen molar-refractivity contribution in [3.8, 4) is 11.5 Å². The summed E-state index contributed by atoms with van der Waals surface area (Å²) in [6.45, 7) is 6.45. The molecule has 0 unspecified atom stereocenters. The van der Waals surface area contributed by atoms with E-state index in [2.05, 4.69) is 15.5 Å². The van der Waals surface area contributed by atoms with Crippen LogP contribution in [0.4, 0.5) is 0 Å². The standard InChI is InChI=1S/C18H21N3O3S/c1-4-23-16-6-13-5-11(2)24-17(13)7-14(16)9-19-21-18(22)8-15-10-25-12(3)20-15/h6-7,9-11H,4-5,8H2,1-3H3,(H,21,22)/b19-9-/t11-/m1/s1. The van der Waals surface area contributed by atoms with Crippen LogP contribution in [0.1, 0.15) is 35.7 Å². The van der Waals surface area contributed by atoms with Crippen LogP contribution < -0.4 is 14.9 Å². The van der Waals surface area contributed by atoms with Gasteiger partial charge in [-0.1, -0.05) is 0 Å². The van der Waals surface area contributed by atoms with Gasteiger partial charge in [-0.05, 0) is 32.9 Å². The highest BCUT2D eigenvalue weighted by Crippen LogP contribution is 2.34. The number of rotatable bonds is 6. The van der Waals surface area contributed by atoms with Crippen LogP contribution in [0.15, 0.2) is 22.6 Å². The van der Waals surface area contributed by atoms with Crippen LogP contribution >= 0.6 is 11.3 Å². The van der Waals surface area contributed by atoms with E-state index < -0.39 is 0 Å². The van der Waals surface area contributed by atoms with Crippen LogP contribution in [0, 0.1) is 6.92 Å². The van der Waals surface area contributed by atoms with Gasteiger partial charge in [0.1, 0.15) is 17.6 Å². The average Bonchev–Trinajstić information content (AvgIpc) is 3.12. The number of amides is 1. The molecule has 2 heterocycles. The molecular weight excluding hydrogens is 338 g/mol. The summed E-state index contributed by atoms with van der Waals surface area (Å²) in [4.78, 5) is 16.2. The summed E-state index contributed by atoms with van der Waals surface area (Å²) in [5, 5.41) is 6.87. The van der Waals surface area contributed by atoms with Gasteiger partial charge < -0.3 is 9.47 Å². The monoisotopic (exact) mass is 359 g/mol. The molecule has 0 radical (unpaired) electrons. The van der Waals surface area contributed by atoms with E-state index in [9.17, 15) is 4.79 Å². The molecule has 0 saturated carbocycles.